The third-order valence-electron chi connectivity index (χ3n) is 4.87. The van der Waals surface area contributed by atoms with Gasteiger partial charge in [0.15, 0.2) is 4.34 Å². The Morgan fingerprint density at radius 3 is 2.78 bits per heavy atom. The molecule has 1 amide bonds. The summed E-state index contributed by atoms with van der Waals surface area (Å²) < 4.78 is 8.16. The van der Waals surface area contributed by atoms with Gasteiger partial charge < -0.3 is 9.30 Å². The second-order valence-corrected chi connectivity index (χ2v) is 9.47. The van der Waals surface area contributed by atoms with Crippen molar-refractivity contribution in [1.82, 2.24) is 14.8 Å². The second kappa shape index (κ2) is 11.1. The number of hydrogen-bond donors (Lipinski definition) is 1. The van der Waals surface area contributed by atoms with Gasteiger partial charge in [0.2, 0.25) is 5.13 Å². The summed E-state index contributed by atoms with van der Waals surface area (Å²) in [5.41, 5.74) is 4.04. The average molecular weight is 468 g/mol. The normalized spacial score (nSPS) is 12.4. The maximum absolute atomic E-state index is 12.7. The number of hydrogen-bond acceptors (Lipinski definition) is 7. The van der Waals surface area contributed by atoms with Gasteiger partial charge in [-0.25, -0.2) is 0 Å². The number of rotatable bonds is 9. The number of thioether (sulfide) groups is 1. The number of benzene rings is 1. The standard InChI is InChI=1S/C23H25N5O2S2/c1-15-10-19(17(3)28(15)16(2)13-30-4)11-20(12-24)21(29)25-22-26-27-23(32-22)31-14-18-8-6-5-7-9-18/h5-11,16H,13-14H2,1-4H3,(H,25,26,29)/b20-11+. The number of aryl methyl sites for hydroxylation is 1. The molecule has 0 aliphatic carbocycles. The lowest BCUT2D eigenvalue weighted by Crippen LogP contribution is -2.14. The SMILES string of the molecule is COCC(C)n1c(C)cc(/C=C(\C#N)C(=O)Nc2nnc(SCc3ccccc3)s2)c1C. The number of nitriles is 1. The van der Waals surface area contributed by atoms with Crippen LogP contribution in [-0.4, -0.2) is 34.4 Å². The van der Waals surface area contributed by atoms with E-state index in [0.29, 0.717) is 11.7 Å². The lowest BCUT2D eigenvalue weighted by atomic mass is 10.1. The van der Waals surface area contributed by atoms with Crippen LogP contribution in [0, 0.1) is 25.2 Å². The highest BCUT2D eigenvalue weighted by atomic mass is 32.2. The summed E-state index contributed by atoms with van der Waals surface area (Å²) in [6.45, 7) is 6.61. The van der Waals surface area contributed by atoms with Crippen LogP contribution in [0.2, 0.25) is 0 Å². The van der Waals surface area contributed by atoms with Crippen LogP contribution in [0.1, 0.15) is 35.5 Å². The highest BCUT2D eigenvalue weighted by molar-refractivity contribution is 8.00. The predicted octanol–water partition coefficient (Wildman–Crippen LogP) is 5.00. The Labute approximate surface area is 196 Å². The number of nitrogens with zero attached hydrogens (tertiary/aromatic N) is 4. The largest absolute Gasteiger partial charge is 0.383 e. The van der Waals surface area contributed by atoms with E-state index in [0.717, 1.165) is 27.0 Å². The number of aromatic nitrogens is 3. The van der Waals surface area contributed by atoms with Crippen molar-refractivity contribution in [3.63, 3.8) is 0 Å². The first-order valence-electron chi connectivity index (χ1n) is 10.0. The molecule has 7 nitrogen and oxygen atoms in total. The Kier molecular flexibility index (Phi) is 8.22. The summed E-state index contributed by atoms with van der Waals surface area (Å²) in [6, 6.07) is 14.2. The van der Waals surface area contributed by atoms with Gasteiger partial charge in [-0.1, -0.05) is 53.4 Å². The number of anilines is 1. The highest BCUT2D eigenvalue weighted by Crippen LogP contribution is 2.29. The molecule has 0 radical (unpaired) electrons. The molecule has 2 heterocycles. The predicted molar refractivity (Wildman–Crippen MR) is 129 cm³/mol. The lowest BCUT2D eigenvalue weighted by molar-refractivity contribution is -0.112. The topological polar surface area (TPSA) is 92.8 Å². The third kappa shape index (κ3) is 5.85. The minimum atomic E-state index is -0.502. The fourth-order valence-electron chi connectivity index (χ4n) is 3.45. The Morgan fingerprint density at radius 2 is 2.09 bits per heavy atom. The van der Waals surface area contributed by atoms with Gasteiger partial charge >= 0.3 is 0 Å². The molecular formula is C23H25N5O2S2. The van der Waals surface area contributed by atoms with Crippen molar-refractivity contribution in [2.24, 2.45) is 0 Å². The van der Waals surface area contributed by atoms with Crippen molar-refractivity contribution in [2.75, 3.05) is 19.0 Å². The second-order valence-electron chi connectivity index (χ2n) is 7.27. The molecule has 3 aromatic rings. The molecule has 0 aliphatic rings. The molecule has 0 saturated heterocycles. The molecule has 1 aromatic carbocycles. The summed E-state index contributed by atoms with van der Waals surface area (Å²) in [5, 5.41) is 20.8. The Bertz CT molecular complexity index is 1150. The first-order valence-corrected chi connectivity index (χ1v) is 11.8. The molecule has 0 fully saturated rings. The van der Waals surface area contributed by atoms with Crippen LogP contribution in [0.3, 0.4) is 0 Å². The first-order chi connectivity index (χ1) is 15.4. The van der Waals surface area contributed by atoms with E-state index in [9.17, 15) is 10.1 Å². The van der Waals surface area contributed by atoms with E-state index in [1.54, 1.807) is 24.9 Å². The molecule has 1 atom stereocenters. The van der Waals surface area contributed by atoms with Crippen molar-refractivity contribution in [3.05, 3.63) is 64.5 Å². The van der Waals surface area contributed by atoms with E-state index in [2.05, 4.69) is 27.0 Å². The van der Waals surface area contributed by atoms with E-state index in [4.69, 9.17) is 4.74 Å². The van der Waals surface area contributed by atoms with Crippen molar-refractivity contribution in [2.45, 2.75) is 36.9 Å². The fourth-order valence-corrected chi connectivity index (χ4v) is 5.15. The molecule has 2 aromatic heterocycles. The van der Waals surface area contributed by atoms with Crippen molar-refractivity contribution in [3.8, 4) is 6.07 Å². The number of amides is 1. The lowest BCUT2D eigenvalue weighted by Gasteiger charge is -2.17. The van der Waals surface area contributed by atoms with Crippen molar-refractivity contribution in [1.29, 1.82) is 5.26 Å². The monoisotopic (exact) mass is 467 g/mol. The van der Waals surface area contributed by atoms with Crippen molar-refractivity contribution >= 4 is 40.2 Å². The first kappa shape index (κ1) is 23.7. The summed E-state index contributed by atoms with van der Waals surface area (Å²) in [6.07, 6.45) is 1.61. The van der Waals surface area contributed by atoms with E-state index < -0.39 is 5.91 Å². The zero-order valence-corrected chi connectivity index (χ0v) is 20.1. The zero-order valence-electron chi connectivity index (χ0n) is 18.5. The third-order valence-corrected chi connectivity index (χ3v) is 6.91. The van der Waals surface area contributed by atoms with Gasteiger partial charge in [0.05, 0.1) is 12.6 Å². The molecule has 166 valence electrons. The minimum Gasteiger partial charge on any atom is -0.383 e. The van der Waals surface area contributed by atoms with Crippen molar-refractivity contribution < 1.29 is 9.53 Å². The van der Waals surface area contributed by atoms with E-state index in [1.165, 1.54) is 16.9 Å². The molecule has 0 aliphatic heterocycles. The molecule has 1 N–H and O–H groups in total. The molecule has 1 unspecified atom stereocenters. The molecule has 32 heavy (non-hydrogen) atoms. The molecule has 0 spiro atoms. The summed E-state index contributed by atoms with van der Waals surface area (Å²) in [5.74, 6) is 0.266. The van der Waals surface area contributed by atoms with E-state index in [-0.39, 0.29) is 11.6 Å². The Hall–Kier alpha value is -2.93. The Morgan fingerprint density at radius 1 is 1.34 bits per heavy atom. The van der Waals surface area contributed by atoms with Gasteiger partial charge in [0, 0.05) is 24.3 Å². The summed E-state index contributed by atoms with van der Waals surface area (Å²) in [7, 11) is 1.67. The minimum absolute atomic E-state index is 0.0123. The van der Waals surface area contributed by atoms with Crippen LogP contribution >= 0.6 is 23.1 Å². The summed E-state index contributed by atoms with van der Waals surface area (Å²) in [4.78, 5) is 12.7. The molecule has 3 rings (SSSR count). The van der Waals surface area contributed by atoms with Gasteiger partial charge in [-0.15, -0.1) is 10.2 Å². The van der Waals surface area contributed by atoms with Gasteiger partial charge in [-0.05, 0) is 44.0 Å². The zero-order chi connectivity index (χ0) is 23.1. The van der Waals surface area contributed by atoms with Gasteiger partial charge in [-0.3, -0.25) is 10.1 Å². The number of nitrogens with one attached hydrogen (secondary N) is 1. The van der Waals surface area contributed by atoms with Gasteiger partial charge in [0.25, 0.3) is 5.91 Å². The van der Waals surface area contributed by atoms with Gasteiger partial charge in [0.1, 0.15) is 11.6 Å². The van der Waals surface area contributed by atoms with E-state index in [1.807, 2.05) is 56.3 Å². The smallest absolute Gasteiger partial charge is 0.268 e. The molecule has 0 saturated carbocycles. The quantitative estimate of drug-likeness (QED) is 0.206. The van der Waals surface area contributed by atoms with Crippen LogP contribution in [0.25, 0.3) is 6.08 Å². The van der Waals surface area contributed by atoms with Crippen LogP contribution in [0.15, 0.2) is 46.3 Å². The maximum atomic E-state index is 12.7. The van der Waals surface area contributed by atoms with Crippen LogP contribution in [-0.2, 0) is 15.3 Å². The van der Waals surface area contributed by atoms with Crippen LogP contribution < -0.4 is 5.32 Å². The number of carbonyl (C=O) groups excluding carboxylic acids is 1. The van der Waals surface area contributed by atoms with Crippen LogP contribution in [0.5, 0.6) is 0 Å². The molecule has 0 bridgehead atoms. The van der Waals surface area contributed by atoms with Gasteiger partial charge in [-0.2, -0.15) is 5.26 Å². The average Bonchev–Trinajstić information content (AvgIpc) is 3.34. The molecule has 9 heteroatoms. The summed E-state index contributed by atoms with van der Waals surface area (Å²) >= 11 is 2.84. The number of carbonyl (C=O) groups is 1. The maximum Gasteiger partial charge on any atom is 0.268 e. The highest BCUT2D eigenvalue weighted by Gasteiger charge is 2.17. The van der Waals surface area contributed by atoms with E-state index >= 15 is 0 Å². The number of ether oxygens (including phenoxy) is 1. The van der Waals surface area contributed by atoms with Crippen LogP contribution in [0.4, 0.5) is 5.13 Å². The fraction of sp³-hybridized carbons (Fsp3) is 0.304. The number of methoxy groups -OCH3 is 1. The molecular weight excluding hydrogens is 442 g/mol. The Balaban J connectivity index is 1.69.